The van der Waals surface area contributed by atoms with E-state index in [2.05, 4.69) is 4.99 Å². The van der Waals surface area contributed by atoms with Crippen molar-refractivity contribution < 1.29 is 15.0 Å². The van der Waals surface area contributed by atoms with Crippen LogP contribution in [0.3, 0.4) is 0 Å². The van der Waals surface area contributed by atoms with E-state index in [1.54, 1.807) is 0 Å². The molecule has 0 aliphatic carbocycles. The summed E-state index contributed by atoms with van der Waals surface area (Å²) in [6.07, 6.45) is -0.126. The number of amidine groups is 1. The molecule has 0 aromatic heterocycles. The number of para-hydroxylation sites is 1. The lowest BCUT2D eigenvalue weighted by atomic mass is 9.99. The number of hydrogen-bond donors (Lipinski definition) is 3. The predicted molar refractivity (Wildman–Crippen MR) is 97.5 cm³/mol. The lowest BCUT2D eigenvalue weighted by Crippen LogP contribution is -2.49. The third-order valence-corrected chi connectivity index (χ3v) is 4.35. The van der Waals surface area contributed by atoms with Gasteiger partial charge in [-0.1, -0.05) is 48.5 Å². The number of carboxylic acid groups (broad SMARTS) is 1. The maximum atomic E-state index is 11.1. The van der Waals surface area contributed by atoms with Crippen LogP contribution in [-0.2, 0) is 4.79 Å². The molecule has 0 amide bonds. The zero-order valence-electron chi connectivity index (χ0n) is 13.7. The van der Waals surface area contributed by atoms with Crippen molar-refractivity contribution in [2.45, 2.75) is 25.1 Å². The molecule has 2 unspecified atom stereocenters. The smallest absolute Gasteiger partial charge is 0.371 e. The number of aliphatic hydroxyl groups is 1. The SMILES string of the molecule is N/C(=N\C1C(O)CCCN1c1ccccc1-c1ccccc1)C(=O)O. The molecule has 2 atom stereocenters. The van der Waals surface area contributed by atoms with E-state index in [-0.39, 0.29) is 0 Å². The standard InChI is InChI=1S/C19H21N3O3/c20-17(19(24)25)21-18-16(23)11-6-12-22(18)15-10-5-4-9-14(15)13-7-2-1-3-8-13/h1-5,7-10,16,18,23H,6,11-12H2,(H2,20,21)(H,24,25). The van der Waals surface area contributed by atoms with Gasteiger partial charge in [0.15, 0.2) is 0 Å². The number of carboxylic acids is 1. The van der Waals surface area contributed by atoms with Crippen LogP contribution in [0, 0.1) is 0 Å². The Hall–Kier alpha value is -2.86. The fraction of sp³-hybridized carbons (Fsp3) is 0.263. The molecule has 1 aliphatic heterocycles. The van der Waals surface area contributed by atoms with Gasteiger partial charge < -0.3 is 20.8 Å². The molecular formula is C19H21N3O3. The van der Waals surface area contributed by atoms with Gasteiger partial charge in [-0.3, -0.25) is 0 Å². The van der Waals surface area contributed by atoms with Crippen LogP contribution in [0.5, 0.6) is 0 Å². The second-order valence-electron chi connectivity index (χ2n) is 6.02. The number of nitrogens with zero attached hydrogens (tertiary/aromatic N) is 2. The van der Waals surface area contributed by atoms with E-state index in [4.69, 9.17) is 10.8 Å². The highest BCUT2D eigenvalue weighted by molar-refractivity contribution is 6.33. The van der Waals surface area contributed by atoms with Crippen molar-refractivity contribution in [1.29, 1.82) is 0 Å². The summed E-state index contributed by atoms with van der Waals surface area (Å²) in [4.78, 5) is 17.1. The number of benzene rings is 2. The maximum absolute atomic E-state index is 11.1. The molecule has 1 aliphatic rings. The molecule has 1 fully saturated rings. The molecule has 3 rings (SSSR count). The van der Waals surface area contributed by atoms with Crippen LogP contribution in [-0.4, -0.2) is 40.8 Å². The fourth-order valence-corrected chi connectivity index (χ4v) is 3.16. The van der Waals surface area contributed by atoms with Gasteiger partial charge in [0, 0.05) is 17.8 Å². The maximum Gasteiger partial charge on any atom is 0.371 e. The van der Waals surface area contributed by atoms with Crippen LogP contribution in [0.1, 0.15) is 12.8 Å². The first-order chi connectivity index (χ1) is 12.1. The molecule has 6 heteroatoms. The van der Waals surface area contributed by atoms with Crippen LogP contribution in [0.4, 0.5) is 5.69 Å². The Morgan fingerprint density at radius 3 is 2.52 bits per heavy atom. The minimum Gasteiger partial charge on any atom is -0.475 e. The molecule has 2 aromatic rings. The molecule has 25 heavy (non-hydrogen) atoms. The van der Waals surface area contributed by atoms with E-state index in [0.29, 0.717) is 13.0 Å². The Morgan fingerprint density at radius 1 is 1.12 bits per heavy atom. The summed E-state index contributed by atoms with van der Waals surface area (Å²) in [7, 11) is 0. The van der Waals surface area contributed by atoms with Crippen LogP contribution in [0.25, 0.3) is 11.1 Å². The Labute approximate surface area is 146 Å². The van der Waals surface area contributed by atoms with Crippen molar-refractivity contribution in [3.05, 3.63) is 54.6 Å². The highest BCUT2D eigenvalue weighted by Crippen LogP contribution is 2.34. The van der Waals surface area contributed by atoms with Crippen molar-refractivity contribution in [3.8, 4) is 11.1 Å². The van der Waals surface area contributed by atoms with Crippen molar-refractivity contribution in [3.63, 3.8) is 0 Å². The van der Waals surface area contributed by atoms with Gasteiger partial charge in [-0.05, 0) is 24.5 Å². The Bertz CT molecular complexity index is 776. The number of anilines is 1. The number of aliphatic hydroxyl groups excluding tert-OH is 1. The van der Waals surface area contributed by atoms with Crippen LogP contribution < -0.4 is 10.6 Å². The minimum atomic E-state index is -1.28. The van der Waals surface area contributed by atoms with Gasteiger partial charge in [-0.25, -0.2) is 9.79 Å². The first-order valence-corrected chi connectivity index (χ1v) is 8.23. The summed E-state index contributed by atoms with van der Waals surface area (Å²) >= 11 is 0. The quantitative estimate of drug-likeness (QED) is 0.587. The first kappa shape index (κ1) is 17.0. The molecular weight excluding hydrogens is 318 g/mol. The second-order valence-corrected chi connectivity index (χ2v) is 6.02. The van der Waals surface area contributed by atoms with Crippen LogP contribution >= 0.6 is 0 Å². The van der Waals surface area contributed by atoms with Crippen molar-refractivity contribution >= 4 is 17.5 Å². The van der Waals surface area contributed by atoms with Crippen molar-refractivity contribution in [1.82, 2.24) is 0 Å². The van der Waals surface area contributed by atoms with Crippen molar-refractivity contribution in [2.75, 3.05) is 11.4 Å². The summed E-state index contributed by atoms with van der Waals surface area (Å²) in [5, 5.41) is 19.4. The van der Waals surface area contributed by atoms with E-state index in [1.807, 2.05) is 59.5 Å². The molecule has 4 N–H and O–H groups in total. The molecule has 130 valence electrons. The van der Waals surface area contributed by atoms with Crippen molar-refractivity contribution in [2.24, 2.45) is 10.7 Å². The van der Waals surface area contributed by atoms with Gasteiger partial charge in [-0.2, -0.15) is 0 Å². The third kappa shape index (κ3) is 3.64. The van der Waals surface area contributed by atoms with Crippen LogP contribution in [0.15, 0.2) is 59.6 Å². The molecule has 6 nitrogen and oxygen atoms in total. The topological polar surface area (TPSA) is 99.2 Å². The summed E-state index contributed by atoms with van der Waals surface area (Å²) in [6, 6.07) is 17.8. The molecule has 1 saturated heterocycles. The Kier molecular flexibility index (Phi) is 5.00. The zero-order chi connectivity index (χ0) is 17.8. The van der Waals surface area contributed by atoms with Gasteiger partial charge >= 0.3 is 5.97 Å². The lowest BCUT2D eigenvalue weighted by Gasteiger charge is -2.39. The lowest BCUT2D eigenvalue weighted by molar-refractivity contribution is -0.129. The fourth-order valence-electron chi connectivity index (χ4n) is 3.16. The number of nitrogens with two attached hydrogens (primary N) is 1. The number of aliphatic imine (C=N–C) groups is 1. The second kappa shape index (κ2) is 7.36. The summed E-state index contributed by atoms with van der Waals surface area (Å²) in [6.45, 7) is 0.669. The number of carbonyl (C=O) groups is 1. The Morgan fingerprint density at radius 2 is 1.80 bits per heavy atom. The highest BCUT2D eigenvalue weighted by atomic mass is 16.4. The van der Waals surface area contributed by atoms with Gasteiger partial charge in [-0.15, -0.1) is 0 Å². The van der Waals surface area contributed by atoms with Gasteiger partial charge in [0.05, 0.1) is 6.10 Å². The van der Waals surface area contributed by atoms with Gasteiger partial charge in [0.1, 0.15) is 6.17 Å². The number of piperidine rings is 1. The normalized spacial score (nSPS) is 21.2. The molecule has 0 bridgehead atoms. The van der Waals surface area contributed by atoms with E-state index in [0.717, 1.165) is 23.2 Å². The minimum absolute atomic E-state index is 0.492. The molecule has 1 heterocycles. The van der Waals surface area contributed by atoms with Crippen LogP contribution in [0.2, 0.25) is 0 Å². The van der Waals surface area contributed by atoms with Gasteiger partial charge in [0.25, 0.3) is 0 Å². The molecule has 0 radical (unpaired) electrons. The highest BCUT2D eigenvalue weighted by Gasteiger charge is 2.32. The van der Waals surface area contributed by atoms with E-state index >= 15 is 0 Å². The third-order valence-electron chi connectivity index (χ3n) is 4.35. The van der Waals surface area contributed by atoms with E-state index in [1.165, 1.54) is 0 Å². The zero-order valence-corrected chi connectivity index (χ0v) is 13.7. The number of hydrogen-bond acceptors (Lipinski definition) is 4. The summed E-state index contributed by atoms with van der Waals surface area (Å²) < 4.78 is 0. The predicted octanol–water partition coefficient (Wildman–Crippen LogP) is 2.08. The average Bonchev–Trinajstić information content (AvgIpc) is 2.64. The number of rotatable bonds is 3. The largest absolute Gasteiger partial charge is 0.475 e. The summed E-state index contributed by atoms with van der Waals surface area (Å²) in [5.74, 6) is -1.78. The summed E-state index contributed by atoms with van der Waals surface area (Å²) in [5.41, 5.74) is 8.47. The average molecular weight is 339 g/mol. The molecule has 0 spiro atoms. The molecule has 0 saturated carbocycles. The monoisotopic (exact) mass is 339 g/mol. The molecule has 2 aromatic carbocycles. The van der Waals surface area contributed by atoms with E-state index in [9.17, 15) is 9.90 Å². The Balaban J connectivity index is 2.05. The van der Waals surface area contributed by atoms with E-state index < -0.39 is 24.1 Å². The first-order valence-electron chi connectivity index (χ1n) is 8.23. The van der Waals surface area contributed by atoms with Gasteiger partial charge in [0.2, 0.25) is 5.84 Å². The number of aliphatic carboxylic acids is 1.